The number of imidazole rings is 2. The number of benzene rings is 2. The van der Waals surface area contributed by atoms with Gasteiger partial charge in [-0.3, -0.25) is 27.8 Å². The molecule has 83 heavy (non-hydrogen) atoms. The lowest BCUT2D eigenvalue weighted by Crippen LogP contribution is -2.44. The Labute approximate surface area is 484 Å². The fourth-order valence-corrected chi connectivity index (χ4v) is 12.7. The number of ether oxygens (including phenoxy) is 4. The van der Waals surface area contributed by atoms with E-state index in [2.05, 4.69) is 45.4 Å². The average molecular weight is 1220 g/mol. The van der Waals surface area contributed by atoms with E-state index >= 15 is 4.39 Å². The van der Waals surface area contributed by atoms with Crippen molar-refractivity contribution in [2.75, 3.05) is 70.8 Å². The molecular weight excluding hydrogens is 1170 g/mol. The van der Waals surface area contributed by atoms with E-state index in [9.17, 15) is 24.4 Å². The van der Waals surface area contributed by atoms with Gasteiger partial charge in [0.05, 0.1) is 45.0 Å². The fraction of sp³-hybridized carbons (Fsp3) is 0.440. The molecule has 3 aliphatic rings. The zero-order valence-corrected chi connectivity index (χ0v) is 48.5. The van der Waals surface area contributed by atoms with Crippen molar-refractivity contribution in [2.45, 2.75) is 81.9 Å². The highest BCUT2D eigenvalue weighted by atomic mass is 32.5. The lowest BCUT2D eigenvalue weighted by Gasteiger charge is -2.33. The number of anilines is 2. The number of nitrogens with zero attached hydrogens (tertiary/aromatic N) is 12. The highest BCUT2D eigenvalue weighted by molar-refractivity contribution is 8.07. The maximum Gasteiger partial charge on any atom is 0.410 e. The van der Waals surface area contributed by atoms with Gasteiger partial charge in [-0.2, -0.15) is 5.26 Å². The topological polar surface area (TPSA) is 306 Å². The van der Waals surface area contributed by atoms with Crippen LogP contribution in [0.15, 0.2) is 86.0 Å². The second-order valence-corrected chi connectivity index (χ2v) is 25.5. The van der Waals surface area contributed by atoms with E-state index in [0.717, 1.165) is 6.33 Å². The van der Waals surface area contributed by atoms with Gasteiger partial charge in [0.15, 0.2) is 58.7 Å². The number of aromatic nitrogens is 8. The van der Waals surface area contributed by atoms with E-state index < -0.39 is 105 Å². The average Bonchev–Trinajstić information content (AvgIpc) is 2.47. The molecule has 10 atom stereocenters. The smallest absolute Gasteiger partial charge is 0.410 e. The molecule has 0 saturated carbocycles. The molecule has 9 rings (SSSR count). The van der Waals surface area contributed by atoms with Gasteiger partial charge in [0.2, 0.25) is 6.54 Å². The van der Waals surface area contributed by atoms with Gasteiger partial charge in [-0.05, 0) is 68.7 Å². The zero-order chi connectivity index (χ0) is 59.1. The first-order valence-electron chi connectivity index (χ1n) is 25.5. The number of rotatable bonds is 16. The van der Waals surface area contributed by atoms with Gasteiger partial charge in [0.25, 0.3) is 11.8 Å². The van der Waals surface area contributed by atoms with Gasteiger partial charge in [-0.1, -0.05) is 36.4 Å². The number of nitrogens with one attached hydrogen (secondary N) is 2. The third kappa shape index (κ3) is 14.3. The predicted molar refractivity (Wildman–Crippen MR) is 298 cm³/mol. The van der Waals surface area contributed by atoms with Crippen LogP contribution in [0.5, 0.6) is 0 Å². The number of amides is 4. The molecule has 0 aliphatic carbocycles. The van der Waals surface area contributed by atoms with Gasteiger partial charge < -0.3 is 62.3 Å². The highest BCUT2D eigenvalue weighted by Gasteiger charge is 2.56. The monoisotopic (exact) mass is 1220 g/mol. The standard InChI is InChI=1S/C50H55FN14O14P2S2/c1-50(2,3)77-49(69)63(6)21-20-62(5)48(68)76-39-38-33(75-47(39)65-29-59-36-41(55-27-57-43(36)65)61-45(67)31-16-11-8-12-17-31)25-73-81(83,71-23-19-53-4)78-37-32(24-72-80(82,79-38)70-22-13-18-52)74-46(34(37)51)64-28-58-35-40(54-26-56-42(35)64)60-44(66)30-14-9-7-10-15-30/h7-12,14-17,26-29,32-34,37-39,46-47H,13,19-25H2,1-3,5-6H3,(H,54,56,60,66)(H,55,57,61,67)/t32-,33-,34-,37-,38-,39-,46-,47-,80?,81?/m1/s1. The van der Waals surface area contributed by atoms with Crippen molar-refractivity contribution in [3.8, 4) is 6.07 Å². The fourth-order valence-electron chi connectivity index (χ4n) is 8.55. The molecular formula is C50H55FN14O14P2S2. The van der Waals surface area contributed by atoms with Crippen LogP contribution in [0.2, 0.25) is 0 Å². The van der Waals surface area contributed by atoms with Crippen LogP contribution in [0.25, 0.3) is 27.2 Å². The van der Waals surface area contributed by atoms with Crippen LogP contribution in [-0.4, -0.2) is 175 Å². The van der Waals surface area contributed by atoms with Crippen LogP contribution in [0, 0.1) is 17.9 Å². The Kier molecular flexibility index (Phi) is 19.1. The first-order chi connectivity index (χ1) is 39.8. The Balaban J connectivity index is 1.06. The third-order valence-electron chi connectivity index (χ3n) is 12.6. The Bertz CT molecular complexity index is 3520. The van der Waals surface area contributed by atoms with Crippen LogP contribution in [-0.2, 0) is 69.7 Å². The van der Waals surface area contributed by atoms with Crippen molar-refractivity contribution >= 4 is 95.0 Å². The van der Waals surface area contributed by atoms with Gasteiger partial charge in [-0.15, -0.1) is 0 Å². The summed E-state index contributed by atoms with van der Waals surface area (Å²) in [6.07, 6.45) is -9.63. The number of hydrogen-bond acceptors (Lipinski definition) is 23. The molecule has 4 amide bonds. The van der Waals surface area contributed by atoms with Gasteiger partial charge >= 0.3 is 25.6 Å². The summed E-state index contributed by atoms with van der Waals surface area (Å²) in [7, 11) is 2.93. The molecule has 28 nitrogen and oxygen atoms in total. The molecule has 3 saturated heterocycles. The maximum absolute atomic E-state index is 17.5. The molecule has 33 heteroatoms. The Morgan fingerprint density at radius 1 is 0.759 bits per heavy atom. The number of nitriles is 1. The van der Waals surface area contributed by atoms with Crippen LogP contribution in [0.4, 0.5) is 25.6 Å². The molecule has 4 aromatic heterocycles. The minimum atomic E-state index is -4.25. The van der Waals surface area contributed by atoms with E-state index in [-0.39, 0.29) is 73.2 Å². The molecule has 3 aliphatic heterocycles. The second kappa shape index (κ2) is 26.2. The summed E-state index contributed by atoms with van der Waals surface area (Å²) in [6, 6.07) is 18.7. The summed E-state index contributed by atoms with van der Waals surface area (Å²) in [6.45, 7) is 1.97. The first kappa shape index (κ1) is 60.5. The number of likely N-dealkylation sites (N-methyl/N-ethyl adjacent to an activating group) is 2. The van der Waals surface area contributed by atoms with Crippen molar-refractivity contribution in [3.05, 3.63) is 109 Å². The number of alkyl halides is 1. The van der Waals surface area contributed by atoms with E-state index in [1.165, 1.54) is 52.0 Å². The van der Waals surface area contributed by atoms with E-state index in [1.807, 2.05) is 6.07 Å². The van der Waals surface area contributed by atoms with Crippen molar-refractivity contribution in [1.29, 1.82) is 5.26 Å². The number of hydrogen-bond donors (Lipinski definition) is 2. The number of carbonyl (C=O) groups is 4. The molecule has 0 bridgehead atoms. The Morgan fingerprint density at radius 3 is 1.78 bits per heavy atom. The van der Waals surface area contributed by atoms with Gasteiger partial charge in [-0.25, -0.2) is 50.5 Å². The quantitative estimate of drug-likeness (QED) is 0.0575. The number of fused-ring (bicyclic) bond motifs is 4. The summed E-state index contributed by atoms with van der Waals surface area (Å²) in [5.41, 5.74) is 0.192. The van der Waals surface area contributed by atoms with Crippen LogP contribution >= 0.6 is 13.4 Å². The number of carbonyl (C=O) groups excluding carboxylic acids is 4. The van der Waals surface area contributed by atoms with Crippen molar-refractivity contribution in [1.82, 2.24) is 48.8 Å². The number of halogens is 1. The molecule has 2 N–H and O–H groups in total. The van der Waals surface area contributed by atoms with Crippen LogP contribution < -0.4 is 10.6 Å². The normalized spacial score (nSPS) is 25.3. The first-order valence-corrected chi connectivity index (χ1v) is 30.6. The zero-order valence-electron chi connectivity index (χ0n) is 45.0. The SMILES string of the molecule is [C-]#[N+]CCOP1(=S)OC[C@H]2O[C@@H](n3cnc4c(NC(=O)c5ccccc5)ncnc43)[C@H](OC(=O)N(C)CCN(C)C(=O)OC(C)(C)C)[C@@H]2OP(=S)(OCCC#N)OC[C@H]2O[C@@H](n3cnc4c(NC(=O)c5ccccc5)ncnc43)[C@H](F)[C@@H]2O1. The Morgan fingerprint density at radius 2 is 1.25 bits per heavy atom. The summed E-state index contributed by atoms with van der Waals surface area (Å²) < 4.78 is 83.1. The molecule has 6 aromatic rings. The van der Waals surface area contributed by atoms with Crippen molar-refractivity contribution in [3.63, 3.8) is 0 Å². The molecule has 7 heterocycles. The Hall–Kier alpha value is -7.09. The summed E-state index contributed by atoms with van der Waals surface area (Å²) in [5, 5.41) is 15.1. The van der Waals surface area contributed by atoms with E-state index in [0.29, 0.717) is 11.1 Å². The summed E-state index contributed by atoms with van der Waals surface area (Å²) >= 11 is 12.1. The van der Waals surface area contributed by atoms with Gasteiger partial charge in [0.1, 0.15) is 49.3 Å². The molecule has 2 aromatic carbocycles. The second-order valence-electron chi connectivity index (χ2n) is 19.6. The van der Waals surface area contributed by atoms with Gasteiger partial charge in [0, 0.05) is 38.3 Å². The van der Waals surface area contributed by atoms with Crippen molar-refractivity contribution < 1.29 is 69.7 Å². The van der Waals surface area contributed by atoms with E-state index in [1.54, 1.807) is 81.4 Å². The van der Waals surface area contributed by atoms with Crippen LogP contribution in [0.1, 0.15) is 60.4 Å². The largest absolute Gasteiger partial charge is 0.444 e. The lowest BCUT2D eigenvalue weighted by atomic mass is 10.1. The maximum atomic E-state index is 17.5. The molecule has 0 spiro atoms. The predicted octanol–water partition coefficient (Wildman–Crippen LogP) is 6.74. The van der Waals surface area contributed by atoms with Crippen molar-refractivity contribution in [2.24, 2.45) is 0 Å². The van der Waals surface area contributed by atoms with E-state index in [4.69, 9.17) is 76.3 Å². The van der Waals surface area contributed by atoms with Crippen LogP contribution in [0.3, 0.4) is 0 Å². The summed E-state index contributed by atoms with van der Waals surface area (Å²) in [5.74, 6) is -0.949. The molecule has 2 unspecified atom stereocenters. The molecule has 3 fully saturated rings. The highest BCUT2D eigenvalue weighted by Crippen LogP contribution is 2.59. The molecule has 438 valence electrons. The minimum absolute atomic E-state index is 0.00514. The third-order valence-corrected chi connectivity index (χ3v) is 17.3. The minimum Gasteiger partial charge on any atom is -0.444 e. The summed E-state index contributed by atoms with van der Waals surface area (Å²) in [4.78, 5) is 85.9. The molecule has 0 radical (unpaired) electrons. The lowest BCUT2D eigenvalue weighted by molar-refractivity contribution is -0.0619.